The quantitative estimate of drug-likeness (QED) is 0.805. The summed E-state index contributed by atoms with van der Waals surface area (Å²) in [5, 5.41) is 20.7. The fraction of sp³-hybridized carbons (Fsp3) is 0.545. The number of hydrogen-bond acceptors (Lipinski definition) is 5. The van der Waals surface area contributed by atoms with Crippen LogP contribution in [0.2, 0.25) is 0 Å². The van der Waals surface area contributed by atoms with Crippen LogP contribution in [0.4, 0.5) is 0 Å². The molecule has 0 saturated heterocycles. The number of hydrogen-bond donors (Lipinski definition) is 2. The van der Waals surface area contributed by atoms with Crippen LogP contribution < -0.4 is 5.32 Å². The van der Waals surface area contributed by atoms with Gasteiger partial charge in [-0.2, -0.15) is 15.4 Å². The van der Waals surface area contributed by atoms with Crippen molar-refractivity contribution in [3.8, 4) is 0 Å². The standard InChI is InChI=1S/C11H17N7O/c1-7(2)18-6-13-15-9(18)4-5-12-11(19)10-8(3)14-17-16-10/h6-7H,4-5H2,1-3H3,(H,12,19)(H,14,16,17). The Morgan fingerprint density at radius 3 is 2.89 bits per heavy atom. The van der Waals surface area contributed by atoms with Gasteiger partial charge in [-0.05, 0) is 20.8 Å². The van der Waals surface area contributed by atoms with E-state index in [1.165, 1.54) is 0 Å². The van der Waals surface area contributed by atoms with Gasteiger partial charge in [-0.15, -0.1) is 10.2 Å². The maximum Gasteiger partial charge on any atom is 0.273 e. The molecular formula is C11H17N7O. The smallest absolute Gasteiger partial charge is 0.273 e. The number of aromatic nitrogens is 6. The second-order valence-electron chi connectivity index (χ2n) is 4.51. The summed E-state index contributed by atoms with van der Waals surface area (Å²) in [5.41, 5.74) is 0.910. The molecule has 0 spiro atoms. The molecule has 19 heavy (non-hydrogen) atoms. The molecule has 0 unspecified atom stereocenters. The van der Waals surface area contributed by atoms with E-state index in [0.717, 1.165) is 5.82 Å². The highest BCUT2D eigenvalue weighted by Gasteiger charge is 2.13. The first-order valence-electron chi connectivity index (χ1n) is 6.13. The molecule has 0 aromatic carbocycles. The number of aromatic amines is 1. The molecule has 8 nitrogen and oxygen atoms in total. The first-order valence-corrected chi connectivity index (χ1v) is 6.13. The van der Waals surface area contributed by atoms with Gasteiger partial charge in [-0.25, -0.2) is 0 Å². The third-order valence-electron chi connectivity index (χ3n) is 2.78. The lowest BCUT2D eigenvalue weighted by Crippen LogP contribution is -2.27. The summed E-state index contributed by atoms with van der Waals surface area (Å²) in [6, 6.07) is 0.304. The summed E-state index contributed by atoms with van der Waals surface area (Å²) >= 11 is 0. The maximum absolute atomic E-state index is 11.8. The number of carbonyl (C=O) groups excluding carboxylic acids is 1. The number of aryl methyl sites for hydroxylation is 1. The molecule has 2 rings (SSSR count). The van der Waals surface area contributed by atoms with Crippen molar-refractivity contribution in [3.05, 3.63) is 23.5 Å². The molecule has 1 amide bonds. The minimum Gasteiger partial charge on any atom is -0.350 e. The highest BCUT2D eigenvalue weighted by Crippen LogP contribution is 2.06. The lowest BCUT2D eigenvalue weighted by Gasteiger charge is -2.10. The summed E-state index contributed by atoms with van der Waals surface area (Å²) < 4.78 is 1.98. The number of nitrogens with one attached hydrogen (secondary N) is 2. The van der Waals surface area contributed by atoms with Gasteiger partial charge < -0.3 is 9.88 Å². The van der Waals surface area contributed by atoms with Crippen LogP contribution in [0.15, 0.2) is 6.33 Å². The van der Waals surface area contributed by atoms with Gasteiger partial charge in [0.05, 0.1) is 5.69 Å². The molecule has 0 aliphatic rings. The van der Waals surface area contributed by atoms with Crippen molar-refractivity contribution in [3.63, 3.8) is 0 Å². The maximum atomic E-state index is 11.8. The Labute approximate surface area is 110 Å². The Balaban J connectivity index is 1.89. The molecule has 0 aliphatic heterocycles. The van der Waals surface area contributed by atoms with Gasteiger partial charge in [0, 0.05) is 19.0 Å². The minimum absolute atomic E-state index is 0.234. The van der Waals surface area contributed by atoms with E-state index >= 15 is 0 Å². The van der Waals surface area contributed by atoms with Crippen molar-refractivity contribution in [2.45, 2.75) is 33.2 Å². The van der Waals surface area contributed by atoms with Gasteiger partial charge in [-0.3, -0.25) is 4.79 Å². The predicted molar refractivity (Wildman–Crippen MR) is 67.6 cm³/mol. The highest BCUT2D eigenvalue weighted by molar-refractivity contribution is 5.93. The molecule has 0 aliphatic carbocycles. The third-order valence-corrected chi connectivity index (χ3v) is 2.78. The van der Waals surface area contributed by atoms with E-state index in [1.54, 1.807) is 13.3 Å². The van der Waals surface area contributed by atoms with Crippen LogP contribution in [-0.2, 0) is 6.42 Å². The van der Waals surface area contributed by atoms with Crippen molar-refractivity contribution >= 4 is 5.91 Å². The fourth-order valence-electron chi connectivity index (χ4n) is 1.75. The molecular weight excluding hydrogens is 246 g/mol. The van der Waals surface area contributed by atoms with Gasteiger partial charge in [0.25, 0.3) is 5.91 Å². The highest BCUT2D eigenvalue weighted by atomic mass is 16.2. The van der Waals surface area contributed by atoms with Crippen LogP contribution in [0, 0.1) is 6.92 Å². The molecule has 0 fully saturated rings. The van der Waals surface area contributed by atoms with Crippen LogP contribution in [0.25, 0.3) is 0 Å². The lowest BCUT2D eigenvalue weighted by atomic mass is 10.3. The predicted octanol–water partition coefficient (Wildman–Crippen LogP) is 0.258. The minimum atomic E-state index is -0.234. The first-order chi connectivity index (χ1) is 9.09. The van der Waals surface area contributed by atoms with Gasteiger partial charge >= 0.3 is 0 Å². The summed E-state index contributed by atoms with van der Waals surface area (Å²) in [6.45, 7) is 6.33. The molecule has 0 bridgehead atoms. The topological polar surface area (TPSA) is 101 Å². The molecule has 0 radical (unpaired) electrons. The van der Waals surface area contributed by atoms with E-state index in [4.69, 9.17) is 0 Å². The number of amides is 1. The van der Waals surface area contributed by atoms with Crippen molar-refractivity contribution < 1.29 is 4.79 Å². The normalized spacial score (nSPS) is 10.9. The fourth-order valence-corrected chi connectivity index (χ4v) is 1.75. The lowest BCUT2D eigenvalue weighted by molar-refractivity contribution is 0.0948. The van der Waals surface area contributed by atoms with Crippen LogP contribution in [0.5, 0.6) is 0 Å². The molecule has 2 aromatic heterocycles. The number of nitrogens with zero attached hydrogens (tertiary/aromatic N) is 5. The second-order valence-corrected chi connectivity index (χ2v) is 4.51. The van der Waals surface area contributed by atoms with Crippen molar-refractivity contribution in [2.75, 3.05) is 6.54 Å². The summed E-state index contributed by atoms with van der Waals surface area (Å²) in [5.74, 6) is 0.619. The monoisotopic (exact) mass is 263 g/mol. The molecule has 8 heteroatoms. The van der Waals surface area contributed by atoms with E-state index < -0.39 is 0 Å². The van der Waals surface area contributed by atoms with Gasteiger partial charge in [-0.1, -0.05) is 0 Å². The summed E-state index contributed by atoms with van der Waals surface area (Å²) in [4.78, 5) is 11.8. The van der Waals surface area contributed by atoms with Gasteiger partial charge in [0.1, 0.15) is 12.2 Å². The van der Waals surface area contributed by atoms with Crippen molar-refractivity contribution in [2.24, 2.45) is 0 Å². The Bertz CT molecular complexity index is 557. The van der Waals surface area contributed by atoms with Crippen molar-refractivity contribution in [1.29, 1.82) is 0 Å². The SMILES string of the molecule is Cc1n[nH]nc1C(=O)NCCc1nncn1C(C)C. The number of carbonyl (C=O) groups is 1. The first kappa shape index (κ1) is 13.2. The van der Waals surface area contributed by atoms with Crippen LogP contribution in [-0.4, -0.2) is 42.6 Å². The Morgan fingerprint density at radius 2 is 2.26 bits per heavy atom. The molecule has 102 valence electrons. The van der Waals surface area contributed by atoms with Crippen LogP contribution in [0.3, 0.4) is 0 Å². The molecule has 2 heterocycles. The van der Waals surface area contributed by atoms with E-state index in [-0.39, 0.29) is 5.91 Å². The largest absolute Gasteiger partial charge is 0.350 e. The van der Waals surface area contributed by atoms with E-state index in [0.29, 0.717) is 30.4 Å². The average Bonchev–Trinajstić information content (AvgIpc) is 2.97. The summed E-state index contributed by atoms with van der Waals surface area (Å²) in [7, 11) is 0. The van der Waals surface area contributed by atoms with E-state index in [9.17, 15) is 4.79 Å². The Hall–Kier alpha value is -2.25. The molecule has 0 saturated carbocycles. The van der Waals surface area contributed by atoms with Gasteiger partial charge in [0.15, 0.2) is 5.69 Å². The molecule has 0 atom stereocenters. The number of rotatable bonds is 5. The molecule has 2 N–H and O–H groups in total. The third kappa shape index (κ3) is 2.95. The van der Waals surface area contributed by atoms with Crippen molar-refractivity contribution in [1.82, 2.24) is 35.5 Å². The second kappa shape index (κ2) is 5.59. The van der Waals surface area contributed by atoms with Crippen LogP contribution in [0.1, 0.15) is 41.9 Å². The van der Waals surface area contributed by atoms with E-state index in [2.05, 4.69) is 44.8 Å². The zero-order chi connectivity index (χ0) is 13.8. The zero-order valence-electron chi connectivity index (χ0n) is 11.2. The summed E-state index contributed by atoms with van der Waals surface area (Å²) in [6.07, 6.45) is 2.32. The molecule has 2 aromatic rings. The van der Waals surface area contributed by atoms with E-state index in [1.807, 2.05) is 4.57 Å². The average molecular weight is 263 g/mol. The Kier molecular flexibility index (Phi) is 3.88. The van der Waals surface area contributed by atoms with Gasteiger partial charge in [0.2, 0.25) is 0 Å². The number of H-pyrrole nitrogens is 1. The Morgan fingerprint density at radius 1 is 1.47 bits per heavy atom. The zero-order valence-corrected chi connectivity index (χ0v) is 11.2. The van der Waals surface area contributed by atoms with Crippen LogP contribution >= 0.6 is 0 Å².